The highest BCUT2D eigenvalue weighted by Gasteiger charge is 2.21. The SMILES string of the molecule is CN(C)c1ccc(C(c2ccc(N(C)C)cc2)c2ccc3c(c2)OCO3)cc1. The van der Waals surface area contributed by atoms with Crippen molar-refractivity contribution in [3.05, 3.63) is 83.4 Å². The quantitative estimate of drug-likeness (QED) is 0.603. The minimum atomic E-state index is 0.127. The fourth-order valence-corrected chi connectivity index (χ4v) is 3.60. The summed E-state index contributed by atoms with van der Waals surface area (Å²) in [6, 6.07) is 23.8. The molecule has 4 rings (SSSR count). The van der Waals surface area contributed by atoms with Crippen LogP contribution in [0.5, 0.6) is 11.5 Å². The van der Waals surface area contributed by atoms with Crippen LogP contribution in [-0.2, 0) is 0 Å². The molecule has 0 radical (unpaired) electrons. The second kappa shape index (κ2) is 7.47. The normalized spacial score (nSPS) is 12.3. The summed E-state index contributed by atoms with van der Waals surface area (Å²) in [5, 5.41) is 0. The van der Waals surface area contributed by atoms with E-state index >= 15 is 0 Å². The van der Waals surface area contributed by atoms with E-state index in [1.165, 1.54) is 28.1 Å². The van der Waals surface area contributed by atoms with Gasteiger partial charge in [-0.05, 0) is 53.1 Å². The summed E-state index contributed by atoms with van der Waals surface area (Å²) < 4.78 is 11.1. The van der Waals surface area contributed by atoms with E-state index < -0.39 is 0 Å². The van der Waals surface area contributed by atoms with Gasteiger partial charge < -0.3 is 19.3 Å². The maximum atomic E-state index is 5.63. The number of anilines is 2. The van der Waals surface area contributed by atoms with Crippen molar-refractivity contribution in [3.63, 3.8) is 0 Å². The predicted molar refractivity (Wildman–Crippen MR) is 115 cm³/mol. The van der Waals surface area contributed by atoms with Gasteiger partial charge in [0.2, 0.25) is 6.79 Å². The van der Waals surface area contributed by atoms with Gasteiger partial charge in [0.15, 0.2) is 11.5 Å². The van der Waals surface area contributed by atoms with Crippen LogP contribution in [0.15, 0.2) is 66.7 Å². The molecule has 3 aromatic rings. The number of nitrogens with zero attached hydrogens (tertiary/aromatic N) is 2. The molecule has 0 aromatic heterocycles. The average molecular weight is 374 g/mol. The van der Waals surface area contributed by atoms with Gasteiger partial charge in [-0.15, -0.1) is 0 Å². The molecule has 0 saturated heterocycles. The molecule has 4 nitrogen and oxygen atoms in total. The summed E-state index contributed by atoms with van der Waals surface area (Å²) in [5.74, 6) is 1.76. The van der Waals surface area contributed by atoms with Gasteiger partial charge in [-0.3, -0.25) is 0 Å². The van der Waals surface area contributed by atoms with E-state index in [4.69, 9.17) is 9.47 Å². The first-order valence-electron chi connectivity index (χ1n) is 9.47. The zero-order valence-corrected chi connectivity index (χ0v) is 16.8. The third kappa shape index (κ3) is 3.50. The molecule has 0 aliphatic carbocycles. The highest BCUT2D eigenvalue weighted by atomic mass is 16.7. The largest absolute Gasteiger partial charge is 0.454 e. The number of benzene rings is 3. The lowest BCUT2D eigenvalue weighted by molar-refractivity contribution is 0.174. The Balaban J connectivity index is 1.78. The van der Waals surface area contributed by atoms with Crippen molar-refractivity contribution in [2.24, 2.45) is 0 Å². The maximum absolute atomic E-state index is 5.63. The highest BCUT2D eigenvalue weighted by Crippen LogP contribution is 2.39. The Morgan fingerprint density at radius 2 is 1.07 bits per heavy atom. The molecule has 0 spiro atoms. The molecule has 3 aromatic carbocycles. The van der Waals surface area contributed by atoms with Crippen molar-refractivity contribution in [2.75, 3.05) is 44.8 Å². The number of rotatable bonds is 5. The predicted octanol–water partition coefficient (Wildman–Crippen LogP) is 4.73. The maximum Gasteiger partial charge on any atom is 0.231 e. The Morgan fingerprint density at radius 3 is 1.57 bits per heavy atom. The van der Waals surface area contributed by atoms with Gasteiger partial charge in [0.05, 0.1) is 0 Å². The first-order valence-corrected chi connectivity index (χ1v) is 9.47. The van der Waals surface area contributed by atoms with E-state index in [0.717, 1.165) is 11.5 Å². The molecule has 0 atom stereocenters. The van der Waals surface area contributed by atoms with Crippen LogP contribution in [0, 0.1) is 0 Å². The van der Waals surface area contributed by atoms with Gasteiger partial charge in [-0.2, -0.15) is 0 Å². The van der Waals surface area contributed by atoms with Crippen LogP contribution in [0.2, 0.25) is 0 Å². The molecule has 0 N–H and O–H groups in total. The molecule has 4 heteroatoms. The Kier molecular flexibility index (Phi) is 4.86. The van der Waals surface area contributed by atoms with Crippen LogP contribution in [0.1, 0.15) is 22.6 Å². The van der Waals surface area contributed by atoms with E-state index in [2.05, 4.69) is 98.7 Å². The van der Waals surface area contributed by atoms with E-state index in [0.29, 0.717) is 6.79 Å². The molecule has 144 valence electrons. The van der Waals surface area contributed by atoms with Crippen LogP contribution in [0.25, 0.3) is 0 Å². The Morgan fingerprint density at radius 1 is 0.607 bits per heavy atom. The van der Waals surface area contributed by atoms with Gasteiger partial charge in [0, 0.05) is 45.5 Å². The van der Waals surface area contributed by atoms with Crippen LogP contribution in [0.4, 0.5) is 11.4 Å². The molecule has 0 fully saturated rings. The Labute approximate surface area is 166 Å². The molecule has 1 heterocycles. The molecule has 1 aliphatic rings. The van der Waals surface area contributed by atoms with Crippen LogP contribution < -0.4 is 19.3 Å². The van der Waals surface area contributed by atoms with E-state index in [1.54, 1.807) is 0 Å². The first-order chi connectivity index (χ1) is 13.5. The van der Waals surface area contributed by atoms with Crippen molar-refractivity contribution >= 4 is 11.4 Å². The van der Waals surface area contributed by atoms with E-state index in [9.17, 15) is 0 Å². The topological polar surface area (TPSA) is 24.9 Å². The van der Waals surface area contributed by atoms with Gasteiger partial charge in [-0.25, -0.2) is 0 Å². The molecular formula is C24H26N2O2. The lowest BCUT2D eigenvalue weighted by Gasteiger charge is -2.22. The lowest BCUT2D eigenvalue weighted by Crippen LogP contribution is -2.10. The van der Waals surface area contributed by atoms with Crippen molar-refractivity contribution in [3.8, 4) is 11.5 Å². The van der Waals surface area contributed by atoms with Crippen molar-refractivity contribution in [1.82, 2.24) is 0 Å². The second-order valence-electron chi connectivity index (χ2n) is 7.52. The third-order valence-electron chi connectivity index (χ3n) is 5.22. The molecular weight excluding hydrogens is 348 g/mol. The number of hydrogen-bond donors (Lipinski definition) is 0. The summed E-state index contributed by atoms with van der Waals surface area (Å²) in [4.78, 5) is 4.23. The average Bonchev–Trinajstić information content (AvgIpc) is 3.17. The lowest BCUT2D eigenvalue weighted by atomic mass is 9.85. The molecule has 0 saturated carbocycles. The number of ether oxygens (including phenoxy) is 2. The number of fused-ring (bicyclic) bond motifs is 1. The molecule has 0 amide bonds. The summed E-state index contributed by atoms with van der Waals surface area (Å²) >= 11 is 0. The van der Waals surface area contributed by atoms with Gasteiger partial charge in [0.25, 0.3) is 0 Å². The van der Waals surface area contributed by atoms with Gasteiger partial charge >= 0.3 is 0 Å². The first kappa shape index (κ1) is 18.2. The summed E-state index contributed by atoms with van der Waals surface area (Å²) in [6.07, 6.45) is 0. The monoisotopic (exact) mass is 374 g/mol. The fourth-order valence-electron chi connectivity index (χ4n) is 3.60. The number of hydrogen-bond acceptors (Lipinski definition) is 4. The van der Waals surface area contributed by atoms with Crippen LogP contribution >= 0.6 is 0 Å². The van der Waals surface area contributed by atoms with Gasteiger partial charge in [-0.1, -0.05) is 30.3 Å². The van der Waals surface area contributed by atoms with E-state index in [1.807, 2.05) is 6.07 Å². The summed E-state index contributed by atoms with van der Waals surface area (Å²) in [5.41, 5.74) is 6.08. The second-order valence-corrected chi connectivity index (χ2v) is 7.52. The smallest absolute Gasteiger partial charge is 0.231 e. The van der Waals surface area contributed by atoms with Crippen molar-refractivity contribution < 1.29 is 9.47 Å². The van der Waals surface area contributed by atoms with Crippen molar-refractivity contribution in [1.29, 1.82) is 0 Å². The van der Waals surface area contributed by atoms with Crippen LogP contribution in [0.3, 0.4) is 0 Å². The Hall–Kier alpha value is -3.14. The Bertz CT molecular complexity index is 896. The molecule has 28 heavy (non-hydrogen) atoms. The summed E-state index contributed by atoms with van der Waals surface area (Å²) in [7, 11) is 8.24. The molecule has 1 aliphatic heterocycles. The van der Waals surface area contributed by atoms with Crippen LogP contribution in [-0.4, -0.2) is 35.0 Å². The zero-order valence-electron chi connectivity index (χ0n) is 16.8. The minimum Gasteiger partial charge on any atom is -0.454 e. The standard InChI is InChI=1S/C24H26N2O2/c1-25(2)20-10-5-17(6-11-20)24(18-7-12-21(13-8-18)26(3)4)19-9-14-22-23(15-19)28-16-27-22/h5-15,24H,16H2,1-4H3. The van der Waals surface area contributed by atoms with Gasteiger partial charge in [0.1, 0.15) is 0 Å². The zero-order chi connectivity index (χ0) is 19.7. The fraction of sp³-hybridized carbons (Fsp3) is 0.250. The van der Waals surface area contributed by atoms with Crippen molar-refractivity contribution in [2.45, 2.75) is 5.92 Å². The van der Waals surface area contributed by atoms with E-state index in [-0.39, 0.29) is 5.92 Å². The molecule has 0 bridgehead atoms. The third-order valence-corrected chi connectivity index (χ3v) is 5.22. The minimum absolute atomic E-state index is 0.127. The highest BCUT2D eigenvalue weighted by molar-refractivity contribution is 5.55. The summed E-state index contributed by atoms with van der Waals surface area (Å²) in [6.45, 7) is 0.290. The molecule has 0 unspecified atom stereocenters.